The van der Waals surface area contributed by atoms with Gasteiger partial charge in [-0.15, -0.1) is 0 Å². The maximum atomic E-state index is 13.5. The zero-order valence-electron chi connectivity index (χ0n) is 19.1. The van der Waals surface area contributed by atoms with Crippen LogP contribution < -0.4 is 10.8 Å². The molecule has 1 saturated heterocycles. The van der Waals surface area contributed by atoms with E-state index in [1.54, 1.807) is 0 Å². The third kappa shape index (κ3) is 7.62. The summed E-state index contributed by atoms with van der Waals surface area (Å²) in [5.74, 6) is -0.453. The SMILES string of the molecule is O=S1(=O)N(CCNc2nonc2C(=Nc2ccc(F)c(Br)c2)NO)CCN1CCOCCOCCO. The predicted molar refractivity (Wildman–Crippen MR) is 129 cm³/mol. The molecular formula is C19H27BrFN7O7S. The molecule has 0 bridgehead atoms. The molecule has 0 atom stereocenters. The molecule has 0 radical (unpaired) electrons. The van der Waals surface area contributed by atoms with Gasteiger partial charge in [0.25, 0.3) is 10.2 Å². The zero-order valence-corrected chi connectivity index (χ0v) is 21.5. The molecule has 1 fully saturated rings. The smallest absolute Gasteiger partial charge is 0.282 e. The van der Waals surface area contributed by atoms with Gasteiger partial charge in [-0.05, 0) is 44.4 Å². The van der Waals surface area contributed by atoms with E-state index in [1.807, 2.05) is 5.48 Å². The molecule has 1 aromatic heterocycles. The number of aliphatic hydroxyl groups excluding tert-OH is 1. The van der Waals surface area contributed by atoms with Crippen molar-refractivity contribution in [3.8, 4) is 0 Å². The number of rotatable bonds is 14. The number of nitrogens with one attached hydrogen (secondary N) is 2. The molecule has 0 saturated carbocycles. The van der Waals surface area contributed by atoms with Crippen molar-refractivity contribution in [2.24, 2.45) is 4.99 Å². The summed E-state index contributed by atoms with van der Waals surface area (Å²) in [7, 11) is -3.64. The van der Waals surface area contributed by atoms with Gasteiger partial charge in [0.1, 0.15) is 5.82 Å². The summed E-state index contributed by atoms with van der Waals surface area (Å²) in [5, 5.41) is 28.5. The topological polar surface area (TPSA) is 175 Å². The fourth-order valence-corrected chi connectivity index (χ4v) is 5.14. The van der Waals surface area contributed by atoms with Crippen molar-refractivity contribution < 1.29 is 37.2 Å². The number of halogens is 2. The molecule has 2 heterocycles. The van der Waals surface area contributed by atoms with Gasteiger partial charge in [-0.25, -0.2) is 14.0 Å². The lowest BCUT2D eigenvalue weighted by atomic mass is 10.3. The number of hydrogen-bond acceptors (Lipinski definition) is 11. The fraction of sp³-hybridized carbons (Fsp3) is 0.526. The Morgan fingerprint density at radius 2 is 1.89 bits per heavy atom. The van der Waals surface area contributed by atoms with E-state index < -0.39 is 16.0 Å². The van der Waals surface area contributed by atoms with E-state index in [2.05, 4.69) is 36.6 Å². The Bertz CT molecular complexity index is 1120. The summed E-state index contributed by atoms with van der Waals surface area (Å²) in [6.07, 6.45) is 0. The van der Waals surface area contributed by atoms with Crippen LogP contribution in [-0.4, -0.2) is 109 Å². The van der Waals surface area contributed by atoms with Gasteiger partial charge in [-0.1, -0.05) is 0 Å². The molecule has 2 aromatic rings. The number of hydroxylamine groups is 1. The van der Waals surface area contributed by atoms with E-state index in [9.17, 15) is 18.0 Å². The number of ether oxygens (including phenoxy) is 2. The van der Waals surface area contributed by atoms with Crippen LogP contribution >= 0.6 is 15.9 Å². The molecule has 0 spiro atoms. The second-order valence-electron chi connectivity index (χ2n) is 7.31. The van der Waals surface area contributed by atoms with Crippen LogP contribution in [0.5, 0.6) is 0 Å². The number of aliphatic hydroxyl groups is 1. The highest BCUT2D eigenvalue weighted by Gasteiger charge is 2.35. The fourth-order valence-electron chi connectivity index (χ4n) is 3.20. The van der Waals surface area contributed by atoms with Crippen LogP contribution in [0.4, 0.5) is 15.9 Å². The van der Waals surface area contributed by atoms with Crippen LogP contribution in [0, 0.1) is 5.82 Å². The summed E-state index contributed by atoms with van der Waals surface area (Å²) in [5.41, 5.74) is 2.27. The Hall–Kier alpha value is -2.25. The average Bonchev–Trinajstić information content (AvgIpc) is 3.43. The zero-order chi connectivity index (χ0) is 26.0. The largest absolute Gasteiger partial charge is 0.394 e. The lowest BCUT2D eigenvalue weighted by molar-refractivity contribution is 0.0312. The predicted octanol–water partition coefficient (Wildman–Crippen LogP) is 0.328. The van der Waals surface area contributed by atoms with Crippen molar-refractivity contribution >= 4 is 43.5 Å². The van der Waals surface area contributed by atoms with Crippen molar-refractivity contribution in [1.82, 2.24) is 24.4 Å². The first-order chi connectivity index (χ1) is 17.4. The standard InChI is InChI=1S/C19H27BrFN7O7S/c20-15-13-14(1-2-16(15)21)23-19(24-30)17-18(26-35-25-17)22-3-4-27-5-6-28(36(27,31)32)7-9-33-11-12-34-10-8-29/h1-2,13,29-30H,3-12H2,(H,22,26)(H,23,24). The molecule has 1 aliphatic rings. The van der Waals surface area contributed by atoms with E-state index in [1.165, 1.54) is 26.8 Å². The summed E-state index contributed by atoms with van der Waals surface area (Å²) in [4.78, 5) is 4.17. The summed E-state index contributed by atoms with van der Waals surface area (Å²) in [6, 6.07) is 4.02. The highest BCUT2D eigenvalue weighted by molar-refractivity contribution is 9.10. The van der Waals surface area contributed by atoms with Crippen molar-refractivity contribution in [2.75, 3.05) is 71.1 Å². The van der Waals surface area contributed by atoms with Gasteiger partial charge >= 0.3 is 0 Å². The van der Waals surface area contributed by atoms with E-state index in [0.29, 0.717) is 32.0 Å². The number of nitrogens with zero attached hydrogens (tertiary/aromatic N) is 5. The number of hydrogen-bond donors (Lipinski definition) is 4. The minimum absolute atomic E-state index is 0.0453. The van der Waals surface area contributed by atoms with Gasteiger partial charge in [0.05, 0.1) is 43.2 Å². The van der Waals surface area contributed by atoms with Crippen molar-refractivity contribution in [1.29, 1.82) is 0 Å². The van der Waals surface area contributed by atoms with Crippen LogP contribution in [0.3, 0.4) is 0 Å². The third-order valence-corrected chi connectivity index (χ3v) is 7.60. The molecule has 36 heavy (non-hydrogen) atoms. The van der Waals surface area contributed by atoms with Gasteiger partial charge in [-0.3, -0.25) is 10.7 Å². The van der Waals surface area contributed by atoms with Gasteiger partial charge in [0, 0.05) is 32.7 Å². The summed E-state index contributed by atoms with van der Waals surface area (Å²) < 4.78 is 57.0. The first-order valence-corrected chi connectivity index (χ1v) is 13.1. The number of aromatic nitrogens is 2. The highest BCUT2D eigenvalue weighted by atomic mass is 79.9. The van der Waals surface area contributed by atoms with Crippen molar-refractivity contribution in [2.45, 2.75) is 0 Å². The first kappa shape index (κ1) is 28.3. The third-order valence-electron chi connectivity index (χ3n) is 4.96. The lowest BCUT2D eigenvalue weighted by Crippen LogP contribution is -2.37. The molecule has 1 aromatic carbocycles. The van der Waals surface area contributed by atoms with Gasteiger partial charge < -0.3 is 19.9 Å². The highest BCUT2D eigenvalue weighted by Crippen LogP contribution is 2.23. The normalized spacial score (nSPS) is 16.5. The number of anilines is 1. The molecule has 0 aliphatic carbocycles. The van der Waals surface area contributed by atoms with Gasteiger partial charge in [0.2, 0.25) is 5.82 Å². The minimum Gasteiger partial charge on any atom is -0.394 e. The second-order valence-corrected chi connectivity index (χ2v) is 10.1. The number of aliphatic imine (C=N–C) groups is 1. The Morgan fingerprint density at radius 3 is 2.58 bits per heavy atom. The van der Waals surface area contributed by atoms with E-state index in [-0.39, 0.29) is 61.3 Å². The Kier molecular flexibility index (Phi) is 10.9. The number of amidine groups is 1. The van der Waals surface area contributed by atoms with Crippen LogP contribution in [-0.2, 0) is 19.7 Å². The van der Waals surface area contributed by atoms with Crippen molar-refractivity contribution in [3.63, 3.8) is 0 Å². The van der Waals surface area contributed by atoms with Crippen LogP contribution in [0.25, 0.3) is 0 Å². The lowest BCUT2D eigenvalue weighted by Gasteiger charge is -2.18. The summed E-state index contributed by atoms with van der Waals surface area (Å²) >= 11 is 3.07. The monoisotopic (exact) mass is 595 g/mol. The Morgan fingerprint density at radius 1 is 1.17 bits per heavy atom. The number of benzene rings is 1. The second kappa shape index (κ2) is 13.9. The maximum Gasteiger partial charge on any atom is 0.282 e. The molecule has 4 N–H and O–H groups in total. The summed E-state index contributed by atoms with van der Waals surface area (Å²) in [6.45, 7) is 2.21. The van der Waals surface area contributed by atoms with E-state index in [0.717, 1.165) is 0 Å². The molecule has 17 heteroatoms. The average molecular weight is 596 g/mol. The van der Waals surface area contributed by atoms with E-state index >= 15 is 0 Å². The molecule has 0 amide bonds. The molecule has 1 aliphatic heterocycles. The molecule has 14 nitrogen and oxygen atoms in total. The molecule has 3 rings (SSSR count). The Labute approximate surface area is 215 Å². The maximum absolute atomic E-state index is 13.5. The van der Waals surface area contributed by atoms with Crippen LogP contribution in [0.15, 0.2) is 32.3 Å². The quantitative estimate of drug-likeness (QED) is 0.102. The molecule has 0 unspecified atom stereocenters. The Balaban J connectivity index is 1.50. The molecule has 200 valence electrons. The van der Waals surface area contributed by atoms with Crippen LogP contribution in [0.1, 0.15) is 5.69 Å². The molecular weight excluding hydrogens is 569 g/mol. The van der Waals surface area contributed by atoms with Gasteiger partial charge in [-0.2, -0.15) is 17.0 Å². The first-order valence-electron chi connectivity index (χ1n) is 10.9. The van der Waals surface area contributed by atoms with Crippen molar-refractivity contribution in [3.05, 3.63) is 34.2 Å². The van der Waals surface area contributed by atoms with Crippen LogP contribution in [0.2, 0.25) is 0 Å². The van der Waals surface area contributed by atoms with Gasteiger partial charge in [0.15, 0.2) is 11.5 Å². The minimum atomic E-state index is -3.64. The van der Waals surface area contributed by atoms with E-state index in [4.69, 9.17) is 19.2 Å².